The van der Waals surface area contributed by atoms with E-state index in [1.807, 2.05) is 0 Å². The van der Waals surface area contributed by atoms with Gasteiger partial charge in [-0.25, -0.2) is 13.2 Å². The monoisotopic (exact) mass is 438 g/mol. The molecule has 29 heavy (non-hydrogen) atoms. The minimum atomic E-state index is -5.79. The topological polar surface area (TPSA) is 173 Å². The largest absolute Gasteiger partial charge is 1.00 e. The quantitative estimate of drug-likeness (QED) is 0.196. The fourth-order valence-electron chi connectivity index (χ4n) is 2.81. The van der Waals surface area contributed by atoms with Crippen LogP contribution in [0.3, 0.4) is 0 Å². The van der Waals surface area contributed by atoms with Crippen LogP contribution < -0.4 is 41.0 Å². The molecule has 158 valence electrons. The van der Waals surface area contributed by atoms with Crippen molar-refractivity contribution < 1.29 is 62.0 Å². The van der Waals surface area contributed by atoms with Crippen LogP contribution >= 0.6 is 0 Å². The molecule has 0 saturated carbocycles. The number of rotatable bonds is 10. The van der Waals surface area contributed by atoms with Crippen LogP contribution in [0.4, 0.5) is 0 Å². The molecular weight excluding hydrogens is 411 g/mol. The summed E-state index contributed by atoms with van der Waals surface area (Å²) in [5.41, 5.74) is 9.29. The van der Waals surface area contributed by atoms with E-state index in [-0.39, 0.29) is 48.5 Å². The van der Waals surface area contributed by atoms with Crippen molar-refractivity contribution in [3.63, 3.8) is 0 Å². The van der Waals surface area contributed by atoms with E-state index >= 15 is 0 Å². The zero-order chi connectivity index (χ0) is 21.8. The van der Waals surface area contributed by atoms with Gasteiger partial charge in [-0.3, -0.25) is 4.79 Å². The number of esters is 1. The molecule has 0 heterocycles. The number of aliphatic hydroxyl groups is 1. The van der Waals surface area contributed by atoms with Gasteiger partial charge in [-0.15, -0.1) is 0 Å². The third-order valence-electron chi connectivity index (χ3n) is 4.50. The van der Waals surface area contributed by atoms with E-state index in [4.69, 9.17) is 16.2 Å². The van der Waals surface area contributed by atoms with Gasteiger partial charge >= 0.3 is 35.5 Å². The van der Waals surface area contributed by atoms with Gasteiger partial charge in [0.15, 0.2) is 11.3 Å². The Labute approximate surface area is 193 Å². The molecule has 5 N–H and O–H groups in total. The number of carbonyl (C=O) groups is 2. The van der Waals surface area contributed by atoms with E-state index < -0.39 is 44.8 Å². The van der Waals surface area contributed by atoms with Crippen LogP contribution in [0, 0.1) is 5.92 Å². The average Bonchev–Trinajstić information content (AvgIpc) is 2.63. The number of hydrogen-bond donors (Lipinski definition) is 3. The predicted molar refractivity (Wildman–Crippen MR) is 101 cm³/mol. The smallest absolute Gasteiger partial charge is 0.745 e. The van der Waals surface area contributed by atoms with Crippen LogP contribution in [0.25, 0.3) is 0 Å². The Hall–Kier alpha value is -0.850. The van der Waals surface area contributed by atoms with Gasteiger partial charge < -0.3 is 25.9 Å². The second-order valence-electron chi connectivity index (χ2n) is 7.09. The zero-order valence-corrected chi connectivity index (χ0v) is 19.9. The molecule has 1 aromatic rings. The molecule has 0 aliphatic heterocycles. The Morgan fingerprint density at radius 2 is 1.76 bits per heavy atom. The van der Waals surface area contributed by atoms with E-state index in [0.717, 1.165) is 0 Å². The molecule has 0 bridgehead atoms. The summed E-state index contributed by atoms with van der Waals surface area (Å²) >= 11 is 0. The van der Waals surface area contributed by atoms with E-state index in [9.17, 15) is 27.7 Å². The normalized spacial score (nSPS) is 16.8. The Kier molecular flexibility index (Phi) is 10.6. The summed E-state index contributed by atoms with van der Waals surface area (Å²) in [6.45, 7) is 4.38. The van der Waals surface area contributed by atoms with Gasteiger partial charge in [-0.05, 0) is 24.3 Å². The predicted octanol–water partition coefficient (Wildman–Crippen LogP) is -2.98. The van der Waals surface area contributed by atoms with E-state index in [0.29, 0.717) is 5.56 Å². The summed E-state index contributed by atoms with van der Waals surface area (Å²) in [4.78, 5) is 21.5. The number of Topliss-reactive ketones (excluding diaryl/α,β-unsaturated/α-hetero) is 1. The van der Waals surface area contributed by atoms with Crippen LogP contribution in [-0.4, -0.2) is 46.3 Å². The zero-order valence-electron chi connectivity index (χ0n) is 17.1. The van der Waals surface area contributed by atoms with Crippen LogP contribution in [-0.2, 0) is 31.1 Å². The van der Waals surface area contributed by atoms with Crippen molar-refractivity contribution in [1.82, 2.24) is 0 Å². The molecule has 0 radical (unpaired) electrons. The Morgan fingerprint density at radius 3 is 2.17 bits per heavy atom. The maximum atomic E-state index is 12.7. The molecule has 11 heteroatoms. The van der Waals surface area contributed by atoms with Crippen molar-refractivity contribution >= 4 is 21.9 Å². The Balaban J connectivity index is 0.00000784. The van der Waals surface area contributed by atoms with Crippen LogP contribution in [0.5, 0.6) is 0 Å². The summed E-state index contributed by atoms with van der Waals surface area (Å²) in [6.07, 6.45) is -0.575. The fraction of sp³-hybridized carbons (Fsp3) is 0.556. The summed E-state index contributed by atoms with van der Waals surface area (Å²) < 4.78 is 40.7. The molecule has 3 atom stereocenters. The van der Waals surface area contributed by atoms with Crippen LogP contribution in [0.1, 0.15) is 39.2 Å². The van der Waals surface area contributed by atoms with Gasteiger partial charge in [0, 0.05) is 0 Å². The van der Waals surface area contributed by atoms with E-state index in [2.05, 4.69) is 0 Å². The van der Waals surface area contributed by atoms with Crippen molar-refractivity contribution in [2.24, 2.45) is 17.4 Å². The molecule has 0 amide bonds. The molecule has 0 aliphatic rings. The molecule has 0 spiro atoms. The fourth-order valence-corrected chi connectivity index (χ4v) is 3.88. The minimum Gasteiger partial charge on any atom is -0.745 e. The number of ketones is 1. The van der Waals surface area contributed by atoms with Crippen molar-refractivity contribution in [2.45, 2.75) is 56.7 Å². The second-order valence-corrected chi connectivity index (χ2v) is 8.58. The first-order chi connectivity index (χ1) is 12.8. The second kappa shape index (κ2) is 11.0. The van der Waals surface area contributed by atoms with Crippen LogP contribution in [0.15, 0.2) is 30.3 Å². The van der Waals surface area contributed by atoms with E-state index in [1.54, 1.807) is 44.2 Å². The number of ether oxygens (including phenoxy) is 1. The molecule has 0 aromatic heterocycles. The average molecular weight is 438 g/mol. The van der Waals surface area contributed by atoms with Gasteiger partial charge in [0.2, 0.25) is 4.93 Å². The number of benzene rings is 1. The maximum Gasteiger partial charge on any atom is 1.00 e. The van der Waals surface area contributed by atoms with Gasteiger partial charge in [-0.1, -0.05) is 51.1 Å². The van der Waals surface area contributed by atoms with Crippen LogP contribution in [0.2, 0.25) is 0 Å². The van der Waals surface area contributed by atoms with Crippen molar-refractivity contribution in [2.75, 3.05) is 0 Å². The first kappa shape index (κ1) is 28.1. The molecule has 9 nitrogen and oxygen atoms in total. The summed E-state index contributed by atoms with van der Waals surface area (Å²) in [5.74, 6) is -3.07. The number of nitrogens with two attached hydrogens (primary N) is 2. The van der Waals surface area contributed by atoms with Gasteiger partial charge in [-0.2, -0.15) is 0 Å². The SMILES string of the molecule is CCC(N)(C(=O)OCc1ccccc1)C(O)(C(=O)[C@@H](N)CC(C)C)S(=O)(=O)[O-].[Na+]. The van der Waals surface area contributed by atoms with Gasteiger partial charge in [0.05, 0.1) is 6.04 Å². The Morgan fingerprint density at radius 1 is 1.24 bits per heavy atom. The summed E-state index contributed by atoms with van der Waals surface area (Å²) in [6, 6.07) is 6.87. The molecule has 0 aliphatic carbocycles. The molecule has 0 saturated heterocycles. The standard InChI is InChI=1S/C18H28N2O7S.Na/c1-4-17(20,16(22)27-11-13-8-6-5-7-9-13)18(23,28(24,25)26)15(21)14(19)10-12(2)3;/h5-9,12,14,23H,4,10-11,19-20H2,1-3H3,(H,24,25,26);/q;+1/p-1/t14-,17?,18?;/m0./s1. The van der Waals surface area contributed by atoms with Crippen molar-refractivity contribution in [3.8, 4) is 0 Å². The van der Waals surface area contributed by atoms with Gasteiger partial charge in [0.25, 0.3) is 0 Å². The van der Waals surface area contributed by atoms with Crippen molar-refractivity contribution in [1.29, 1.82) is 0 Å². The summed E-state index contributed by atoms with van der Waals surface area (Å²) in [7, 11) is -5.79. The molecule has 2 unspecified atom stereocenters. The third kappa shape index (κ3) is 6.08. The molecule has 1 rings (SSSR count). The molecule has 1 aromatic carbocycles. The first-order valence-electron chi connectivity index (χ1n) is 8.79. The minimum absolute atomic E-state index is 0. The maximum absolute atomic E-state index is 12.7. The molecule has 0 fully saturated rings. The van der Waals surface area contributed by atoms with E-state index in [1.165, 1.54) is 6.92 Å². The summed E-state index contributed by atoms with van der Waals surface area (Å²) in [5, 5.41) is 10.7. The molecular formula is C18H27N2NaO7S. The van der Waals surface area contributed by atoms with Gasteiger partial charge in [0.1, 0.15) is 16.7 Å². The number of hydrogen-bond acceptors (Lipinski definition) is 9. The third-order valence-corrected chi connectivity index (χ3v) is 5.79. The first-order valence-corrected chi connectivity index (χ1v) is 10.2. The van der Waals surface area contributed by atoms with Crippen molar-refractivity contribution in [3.05, 3.63) is 35.9 Å². The number of carbonyl (C=O) groups excluding carboxylic acids is 2. The Bertz CT molecular complexity index is 804.